The maximum atomic E-state index is 16.4. The lowest BCUT2D eigenvalue weighted by Gasteiger charge is -2.17. The van der Waals surface area contributed by atoms with E-state index >= 15 is 8.78 Å². The lowest BCUT2D eigenvalue weighted by atomic mass is 9.99. The molecule has 6 rings (SSSR count). The Balaban J connectivity index is 1.56. The van der Waals surface area contributed by atoms with Gasteiger partial charge in [0.25, 0.3) is 0 Å². The summed E-state index contributed by atoms with van der Waals surface area (Å²) in [5, 5.41) is 0. The van der Waals surface area contributed by atoms with E-state index in [1.165, 1.54) is 35.5 Å². The summed E-state index contributed by atoms with van der Waals surface area (Å²) in [6.07, 6.45) is 8.82. The van der Waals surface area contributed by atoms with Crippen LogP contribution in [0, 0.1) is 11.6 Å². The number of fused-ring (bicyclic) bond motifs is 1. The topological polar surface area (TPSA) is 44.2 Å². The van der Waals surface area contributed by atoms with Gasteiger partial charge in [-0.3, -0.25) is 0 Å². The number of unbranched alkanes of at least 4 members (excludes halogenated alkanes) is 6. The third kappa shape index (κ3) is 8.47. The molecular weight excluding hydrogens is 802 g/mol. The smallest absolute Gasteiger partial charge is 0.170 e. The fourth-order valence-corrected chi connectivity index (χ4v) is 8.72. The number of nitrogens with zero attached hydrogens (tertiary/aromatic N) is 2. The number of hydrogen-bond acceptors (Lipinski definition) is 6. The summed E-state index contributed by atoms with van der Waals surface area (Å²) >= 11 is 9.64. The highest BCUT2D eigenvalue weighted by Crippen LogP contribution is 2.46. The third-order valence-electron chi connectivity index (χ3n) is 8.39. The fourth-order valence-electron chi connectivity index (χ4n) is 5.87. The van der Waals surface area contributed by atoms with Gasteiger partial charge in [-0.2, -0.15) is 0 Å². The van der Waals surface area contributed by atoms with Gasteiger partial charge in [0, 0.05) is 20.9 Å². The van der Waals surface area contributed by atoms with Gasteiger partial charge in [0.2, 0.25) is 0 Å². The molecule has 10 heteroatoms. The summed E-state index contributed by atoms with van der Waals surface area (Å²) in [7, 11) is 0. The molecular formula is C40H38Br2F2N2O2S2. The van der Waals surface area contributed by atoms with Crippen LogP contribution in [0.25, 0.3) is 54.4 Å². The van der Waals surface area contributed by atoms with Crippen LogP contribution in [0.1, 0.15) is 65.2 Å². The second-order valence-corrected chi connectivity index (χ2v) is 17.0. The highest BCUT2D eigenvalue weighted by atomic mass is 79.9. The molecule has 0 aliphatic carbocycles. The molecule has 0 atom stereocenters. The molecule has 0 aliphatic heterocycles. The normalized spacial score (nSPS) is 11.4. The maximum Gasteiger partial charge on any atom is 0.170 e. The minimum atomic E-state index is -0.956. The molecule has 4 nitrogen and oxygen atoms in total. The average molecular weight is 841 g/mol. The van der Waals surface area contributed by atoms with Crippen molar-refractivity contribution in [2.24, 2.45) is 0 Å². The molecule has 260 valence electrons. The lowest BCUT2D eigenvalue weighted by Crippen LogP contribution is -2.03. The Morgan fingerprint density at radius 1 is 0.580 bits per heavy atom. The summed E-state index contributed by atoms with van der Waals surface area (Å²) in [6.45, 7) is 5.60. The summed E-state index contributed by atoms with van der Waals surface area (Å²) in [5.41, 5.74) is 3.33. The number of halogens is 4. The zero-order valence-corrected chi connectivity index (χ0v) is 32.8. The largest absolute Gasteiger partial charge is 0.494 e. The Labute approximate surface area is 317 Å². The van der Waals surface area contributed by atoms with Crippen LogP contribution in [-0.4, -0.2) is 23.2 Å². The molecule has 0 unspecified atom stereocenters. The monoisotopic (exact) mass is 838 g/mol. The van der Waals surface area contributed by atoms with Crippen molar-refractivity contribution in [3.8, 4) is 54.9 Å². The Bertz CT molecular complexity index is 1930. The van der Waals surface area contributed by atoms with Gasteiger partial charge in [0.1, 0.15) is 22.5 Å². The van der Waals surface area contributed by atoms with Gasteiger partial charge in [0.15, 0.2) is 11.6 Å². The van der Waals surface area contributed by atoms with E-state index in [0.29, 0.717) is 45.9 Å². The summed E-state index contributed by atoms with van der Waals surface area (Å²) in [5.74, 6) is -0.482. The standard InChI is InChI=1S/C40H38Br2F2N2O2S2/c1-3-5-7-9-21-47-27-15-11-13-25(23-27)37-38(26-14-12-16-28(24-26)48-22-10-8-6-4-2)46-40-34(30-18-20-32(42)50-30)36(44)35(43)33(39(40)45-37)29-17-19-31(41)49-29/h11-20,23-24H,3-10,21-22H2,1-2H3. The van der Waals surface area contributed by atoms with Gasteiger partial charge in [0.05, 0.1) is 43.3 Å². The van der Waals surface area contributed by atoms with E-state index in [-0.39, 0.29) is 22.2 Å². The third-order valence-corrected chi connectivity index (χ3v) is 11.7. The average Bonchev–Trinajstić information content (AvgIpc) is 3.76. The molecule has 0 saturated carbocycles. The molecule has 0 fully saturated rings. The van der Waals surface area contributed by atoms with Gasteiger partial charge in [-0.15, -0.1) is 22.7 Å². The molecule has 0 bridgehead atoms. The second kappa shape index (κ2) is 17.4. The van der Waals surface area contributed by atoms with Crippen LogP contribution < -0.4 is 9.47 Å². The molecule has 0 amide bonds. The van der Waals surface area contributed by atoms with Crippen molar-refractivity contribution in [3.05, 3.63) is 92.0 Å². The predicted molar refractivity (Wildman–Crippen MR) is 212 cm³/mol. The van der Waals surface area contributed by atoms with Gasteiger partial charge < -0.3 is 9.47 Å². The molecule has 0 radical (unpaired) electrons. The molecule has 0 N–H and O–H groups in total. The van der Waals surface area contributed by atoms with Gasteiger partial charge in [-0.1, -0.05) is 76.6 Å². The molecule has 50 heavy (non-hydrogen) atoms. The zero-order chi connectivity index (χ0) is 35.0. The van der Waals surface area contributed by atoms with E-state index in [4.69, 9.17) is 19.4 Å². The van der Waals surface area contributed by atoms with Crippen LogP contribution in [0.3, 0.4) is 0 Å². The number of thiophene rings is 2. The summed E-state index contributed by atoms with van der Waals surface area (Å²) in [4.78, 5) is 11.5. The van der Waals surface area contributed by atoms with Crippen molar-refractivity contribution < 1.29 is 18.3 Å². The SMILES string of the molecule is CCCCCCOc1cccc(-c2nc3c(-c4ccc(Br)s4)c(F)c(F)c(-c4ccc(Br)s4)c3nc2-c2cccc(OCCCCCC)c2)c1. The van der Waals surface area contributed by atoms with Crippen LogP contribution in [0.5, 0.6) is 11.5 Å². The van der Waals surface area contributed by atoms with E-state index in [1.54, 1.807) is 12.1 Å². The van der Waals surface area contributed by atoms with Crippen molar-refractivity contribution >= 4 is 65.6 Å². The van der Waals surface area contributed by atoms with E-state index in [1.807, 2.05) is 60.7 Å². The zero-order valence-electron chi connectivity index (χ0n) is 28.0. The molecule has 6 aromatic rings. The van der Waals surface area contributed by atoms with E-state index in [2.05, 4.69) is 45.7 Å². The Morgan fingerprint density at radius 2 is 1.02 bits per heavy atom. The van der Waals surface area contributed by atoms with Crippen LogP contribution >= 0.6 is 54.5 Å². The Morgan fingerprint density at radius 3 is 1.40 bits per heavy atom. The first kappa shape index (κ1) is 36.6. The molecule has 3 aromatic heterocycles. The number of ether oxygens (including phenoxy) is 2. The molecule has 0 aliphatic rings. The minimum Gasteiger partial charge on any atom is -0.494 e. The number of hydrogen-bond donors (Lipinski definition) is 0. The number of aromatic nitrogens is 2. The van der Waals surface area contributed by atoms with Crippen LogP contribution in [-0.2, 0) is 0 Å². The first-order chi connectivity index (χ1) is 24.4. The molecule has 3 aromatic carbocycles. The lowest BCUT2D eigenvalue weighted by molar-refractivity contribution is 0.305. The quantitative estimate of drug-likeness (QED) is 0.0911. The van der Waals surface area contributed by atoms with Crippen molar-refractivity contribution in [1.82, 2.24) is 9.97 Å². The van der Waals surface area contributed by atoms with Gasteiger partial charge in [-0.05, 0) is 93.2 Å². The Kier molecular flexibility index (Phi) is 12.7. The van der Waals surface area contributed by atoms with Crippen molar-refractivity contribution in [1.29, 1.82) is 0 Å². The highest BCUT2D eigenvalue weighted by molar-refractivity contribution is 9.11. The fraction of sp³-hybridized carbons (Fsp3) is 0.300. The van der Waals surface area contributed by atoms with E-state index < -0.39 is 11.6 Å². The summed E-state index contributed by atoms with van der Waals surface area (Å²) in [6, 6.07) is 22.7. The number of rotatable bonds is 16. The first-order valence-corrected chi connectivity index (χ1v) is 20.3. The molecule has 0 spiro atoms. The first-order valence-electron chi connectivity index (χ1n) is 17.1. The Hall–Kier alpha value is -3.18. The van der Waals surface area contributed by atoms with E-state index in [9.17, 15) is 0 Å². The van der Waals surface area contributed by atoms with Crippen LogP contribution in [0.15, 0.2) is 80.4 Å². The maximum absolute atomic E-state index is 16.4. The van der Waals surface area contributed by atoms with Crippen LogP contribution in [0.4, 0.5) is 8.78 Å². The molecule has 3 heterocycles. The van der Waals surface area contributed by atoms with E-state index in [0.717, 1.165) is 57.2 Å². The molecule has 0 saturated heterocycles. The summed E-state index contributed by atoms with van der Waals surface area (Å²) < 4.78 is 46.7. The highest BCUT2D eigenvalue weighted by Gasteiger charge is 2.28. The van der Waals surface area contributed by atoms with Crippen molar-refractivity contribution in [2.75, 3.05) is 13.2 Å². The van der Waals surface area contributed by atoms with Crippen molar-refractivity contribution in [2.45, 2.75) is 65.2 Å². The second-order valence-electron chi connectivity index (χ2n) is 12.1. The van der Waals surface area contributed by atoms with Crippen molar-refractivity contribution in [3.63, 3.8) is 0 Å². The predicted octanol–water partition coefficient (Wildman–Crippen LogP) is 14.1. The minimum absolute atomic E-state index is 0.0837. The van der Waals surface area contributed by atoms with Crippen LogP contribution in [0.2, 0.25) is 0 Å². The van der Waals surface area contributed by atoms with Gasteiger partial charge in [-0.25, -0.2) is 18.7 Å². The number of benzene rings is 3. The van der Waals surface area contributed by atoms with Gasteiger partial charge >= 0.3 is 0 Å².